The highest BCUT2D eigenvalue weighted by atomic mass is 16.5. The van der Waals surface area contributed by atoms with Crippen molar-refractivity contribution in [2.24, 2.45) is 17.6 Å². The summed E-state index contributed by atoms with van der Waals surface area (Å²) >= 11 is 0. The molecule has 27 heavy (non-hydrogen) atoms. The van der Waals surface area contributed by atoms with E-state index in [1.54, 1.807) is 0 Å². The van der Waals surface area contributed by atoms with Gasteiger partial charge in [-0.15, -0.1) is 0 Å². The largest absolute Gasteiger partial charge is 0.393 e. The molecule has 2 aliphatic rings. The molecule has 0 heterocycles. The smallest absolute Gasteiger partial charge is 0.109 e. The van der Waals surface area contributed by atoms with Gasteiger partial charge in [-0.1, -0.05) is 12.8 Å². The van der Waals surface area contributed by atoms with Crippen LogP contribution in [0.2, 0.25) is 0 Å². The van der Waals surface area contributed by atoms with E-state index in [0.29, 0.717) is 25.9 Å². The molecule has 0 aliphatic heterocycles. The Labute approximate surface area is 163 Å². The van der Waals surface area contributed by atoms with Gasteiger partial charge in [-0.05, 0) is 76.4 Å². The van der Waals surface area contributed by atoms with Gasteiger partial charge in [0.05, 0.1) is 24.4 Å². The molecule has 0 aromatic rings. The van der Waals surface area contributed by atoms with E-state index in [1.807, 2.05) is 0 Å². The summed E-state index contributed by atoms with van der Waals surface area (Å²) in [5.41, 5.74) is 5.47. The van der Waals surface area contributed by atoms with Gasteiger partial charge in [-0.2, -0.15) is 0 Å². The molecule has 160 valence electrons. The minimum absolute atomic E-state index is 0.206. The summed E-state index contributed by atoms with van der Waals surface area (Å²) in [4.78, 5) is 0. The summed E-state index contributed by atoms with van der Waals surface area (Å²) in [6.45, 7) is 2.76. The summed E-state index contributed by atoms with van der Waals surface area (Å²) in [5.74, 6) is 0.482. The molecule has 4 atom stereocenters. The maximum atomic E-state index is 10.4. The number of hydrogen-bond acceptors (Lipinski definition) is 7. The second-order valence-corrected chi connectivity index (χ2v) is 8.55. The fraction of sp³-hybridized carbons (Fsp3) is 1.00. The summed E-state index contributed by atoms with van der Waals surface area (Å²) in [6.07, 6.45) is 4.71. The second kappa shape index (κ2) is 12.3. The third kappa shape index (κ3) is 8.31. The van der Waals surface area contributed by atoms with Crippen LogP contribution in [0.5, 0.6) is 0 Å². The summed E-state index contributed by atoms with van der Waals surface area (Å²) < 4.78 is 5.75. The van der Waals surface area contributed by atoms with Gasteiger partial charge in [0.25, 0.3) is 0 Å². The maximum absolute atomic E-state index is 10.4. The predicted molar refractivity (Wildman–Crippen MR) is 104 cm³/mol. The molecule has 2 saturated carbocycles. The maximum Gasteiger partial charge on any atom is 0.109 e. The lowest BCUT2D eigenvalue weighted by atomic mass is 9.82. The van der Waals surface area contributed by atoms with Crippen molar-refractivity contribution < 1.29 is 25.2 Å². The normalized spacial score (nSPS) is 37.4. The fourth-order valence-electron chi connectivity index (χ4n) is 4.54. The van der Waals surface area contributed by atoms with Crippen LogP contribution in [0, 0.1) is 11.8 Å². The van der Waals surface area contributed by atoms with Crippen LogP contribution in [0.25, 0.3) is 0 Å². The Morgan fingerprint density at radius 3 is 1.89 bits per heavy atom. The highest BCUT2D eigenvalue weighted by molar-refractivity contribution is 4.88. The molecule has 7 heteroatoms. The van der Waals surface area contributed by atoms with Gasteiger partial charge in [0.1, 0.15) is 6.10 Å². The fourth-order valence-corrected chi connectivity index (χ4v) is 4.54. The molecule has 0 amide bonds. The molecule has 2 rings (SSSR count). The van der Waals surface area contributed by atoms with E-state index in [-0.39, 0.29) is 11.8 Å². The van der Waals surface area contributed by atoms with Crippen LogP contribution >= 0.6 is 0 Å². The highest BCUT2D eigenvalue weighted by Gasteiger charge is 2.36. The number of hydrogen-bond donors (Lipinski definition) is 6. The van der Waals surface area contributed by atoms with Gasteiger partial charge in [0, 0.05) is 6.61 Å². The van der Waals surface area contributed by atoms with E-state index in [9.17, 15) is 20.4 Å². The third-order valence-corrected chi connectivity index (χ3v) is 5.94. The summed E-state index contributed by atoms with van der Waals surface area (Å²) in [6, 6.07) is 0. The minimum Gasteiger partial charge on any atom is -0.393 e. The lowest BCUT2D eigenvalue weighted by Gasteiger charge is -2.37. The molecule has 0 spiro atoms. The monoisotopic (exact) mass is 388 g/mol. The SMILES string of the molecule is NCCCCCCOC1C(O)CC(CNCC2CC(O)CC(O)C2)CC1O. The van der Waals surface area contributed by atoms with Crippen LogP contribution in [0.4, 0.5) is 0 Å². The first-order chi connectivity index (χ1) is 13.0. The average Bonchev–Trinajstić information content (AvgIpc) is 2.59. The molecule has 7 nitrogen and oxygen atoms in total. The van der Waals surface area contributed by atoms with Crippen LogP contribution in [-0.4, -0.2) is 77.2 Å². The first-order valence-electron chi connectivity index (χ1n) is 10.7. The topological polar surface area (TPSA) is 128 Å². The van der Waals surface area contributed by atoms with Gasteiger partial charge in [-0.3, -0.25) is 0 Å². The van der Waals surface area contributed by atoms with E-state index in [1.165, 1.54) is 0 Å². The van der Waals surface area contributed by atoms with E-state index < -0.39 is 30.5 Å². The Balaban J connectivity index is 1.61. The van der Waals surface area contributed by atoms with E-state index >= 15 is 0 Å². The van der Waals surface area contributed by atoms with Crippen LogP contribution < -0.4 is 11.1 Å². The average molecular weight is 389 g/mol. The van der Waals surface area contributed by atoms with Crippen molar-refractivity contribution in [3.05, 3.63) is 0 Å². The Bertz CT molecular complexity index is 379. The molecule has 0 radical (unpaired) electrons. The van der Waals surface area contributed by atoms with Crippen molar-refractivity contribution in [3.8, 4) is 0 Å². The zero-order valence-corrected chi connectivity index (χ0v) is 16.5. The molecule has 0 bridgehead atoms. The minimum atomic E-state index is -0.636. The first kappa shape index (κ1) is 23.0. The molecule has 2 fully saturated rings. The molecule has 7 N–H and O–H groups in total. The number of nitrogens with two attached hydrogens (primary N) is 1. The number of nitrogens with one attached hydrogen (secondary N) is 1. The molecule has 0 aromatic carbocycles. The van der Waals surface area contributed by atoms with E-state index in [0.717, 1.165) is 58.2 Å². The van der Waals surface area contributed by atoms with Crippen LogP contribution in [0.1, 0.15) is 57.8 Å². The number of aliphatic hydroxyl groups is 4. The lowest BCUT2D eigenvalue weighted by Crippen LogP contribution is -2.48. The number of unbranched alkanes of at least 4 members (excludes halogenated alkanes) is 3. The van der Waals surface area contributed by atoms with Crippen molar-refractivity contribution in [1.82, 2.24) is 5.32 Å². The van der Waals surface area contributed by atoms with Gasteiger partial charge >= 0.3 is 0 Å². The highest BCUT2D eigenvalue weighted by Crippen LogP contribution is 2.28. The number of ether oxygens (including phenoxy) is 1. The second-order valence-electron chi connectivity index (χ2n) is 8.55. The molecule has 2 aliphatic carbocycles. The quantitative estimate of drug-likeness (QED) is 0.278. The molecule has 4 unspecified atom stereocenters. The van der Waals surface area contributed by atoms with Crippen molar-refractivity contribution in [2.75, 3.05) is 26.2 Å². The number of aliphatic hydroxyl groups excluding tert-OH is 4. The zero-order valence-electron chi connectivity index (χ0n) is 16.5. The van der Waals surface area contributed by atoms with Crippen molar-refractivity contribution in [1.29, 1.82) is 0 Å². The Kier molecular flexibility index (Phi) is 10.5. The lowest BCUT2D eigenvalue weighted by molar-refractivity contribution is -0.132. The molecular formula is C20H40N2O5. The van der Waals surface area contributed by atoms with Crippen LogP contribution in [-0.2, 0) is 4.74 Å². The Hall–Kier alpha value is -0.280. The molecule has 0 saturated heterocycles. The Morgan fingerprint density at radius 2 is 1.30 bits per heavy atom. The van der Waals surface area contributed by atoms with Gasteiger partial charge in [0.2, 0.25) is 0 Å². The van der Waals surface area contributed by atoms with Crippen molar-refractivity contribution in [3.63, 3.8) is 0 Å². The van der Waals surface area contributed by atoms with Crippen molar-refractivity contribution >= 4 is 0 Å². The third-order valence-electron chi connectivity index (χ3n) is 5.94. The van der Waals surface area contributed by atoms with Gasteiger partial charge < -0.3 is 36.2 Å². The molecule has 0 aromatic heterocycles. The van der Waals surface area contributed by atoms with E-state index in [2.05, 4.69) is 5.32 Å². The van der Waals surface area contributed by atoms with Crippen molar-refractivity contribution in [2.45, 2.75) is 88.3 Å². The summed E-state index contributed by atoms with van der Waals surface area (Å²) in [7, 11) is 0. The first-order valence-corrected chi connectivity index (χ1v) is 10.7. The summed E-state index contributed by atoms with van der Waals surface area (Å²) in [5, 5.41) is 43.7. The predicted octanol–water partition coefficient (Wildman–Crippen LogP) is 0.134. The zero-order chi connectivity index (χ0) is 19.6. The Morgan fingerprint density at radius 1 is 0.741 bits per heavy atom. The van der Waals surface area contributed by atoms with Gasteiger partial charge in [-0.25, -0.2) is 0 Å². The molecular weight excluding hydrogens is 348 g/mol. The van der Waals surface area contributed by atoms with Gasteiger partial charge in [0.15, 0.2) is 0 Å². The number of rotatable bonds is 11. The van der Waals surface area contributed by atoms with E-state index in [4.69, 9.17) is 10.5 Å². The standard InChI is InChI=1S/C20H40N2O5/c21-5-3-1-2-4-6-27-20-18(25)9-15(10-19(20)26)13-22-12-14-7-16(23)11-17(24)8-14/h14-20,22-26H,1-13,21H2. The van der Waals surface area contributed by atoms with Crippen LogP contribution in [0.3, 0.4) is 0 Å². The van der Waals surface area contributed by atoms with Crippen LogP contribution in [0.15, 0.2) is 0 Å².